The van der Waals surface area contributed by atoms with E-state index in [9.17, 15) is 9.59 Å². The lowest BCUT2D eigenvalue weighted by Crippen LogP contribution is -2.40. The van der Waals surface area contributed by atoms with Crippen molar-refractivity contribution in [1.82, 2.24) is 20.0 Å². The van der Waals surface area contributed by atoms with Gasteiger partial charge in [-0.3, -0.25) is 14.5 Å². The Balaban J connectivity index is 1.49. The predicted octanol–water partition coefficient (Wildman–Crippen LogP) is 2.67. The van der Waals surface area contributed by atoms with Gasteiger partial charge in [-0.2, -0.15) is 5.10 Å². The van der Waals surface area contributed by atoms with E-state index < -0.39 is 0 Å². The molecule has 0 atom stereocenters. The predicted molar refractivity (Wildman–Crippen MR) is 114 cm³/mol. The Morgan fingerprint density at radius 2 is 1.69 bits per heavy atom. The highest BCUT2D eigenvalue weighted by molar-refractivity contribution is 6.04. The van der Waals surface area contributed by atoms with Crippen molar-refractivity contribution < 1.29 is 4.79 Å². The van der Waals surface area contributed by atoms with E-state index in [1.165, 1.54) is 10.2 Å². The van der Waals surface area contributed by atoms with Crippen molar-refractivity contribution in [2.24, 2.45) is 5.92 Å². The summed E-state index contributed by atoms with van der Waals surface area (Å²) in [4.78, 5) is 27.5. The highest BCUT2D eigenvalue weighted by Crippen LogP contribution is 2.22. The van der Waals surface area contributed by atoms with Crippen LogP contribution >= 0.6 is 0 Å². The monoisotopic (exact) mass is 390 g/mol. The summed E-state index contributed by atoms with van der Waals surface area (Å²) in [6, 6.07) is 17.8. The zero-order valence-electron chi connectivity index (χ0n) is 16.7. The van der Waals surface area contributed by atoms with E-state index >= 15 is 0 Å². The van der Waals surface area contributed by atoms with Crippen LogP contribution < -0.4 is 10.9 Å². The first kappa shape index (κ1) is 19.3. The average molecular weight is 390 g/mol. The quantitative estimate of drug-likeness (QED) is 0.727. The Kier molecular flexibility index (Phi) is 5.71. The lowest BCUT2D eigenvalue weighted by Gasteiger charge is -2.32. The van der Waals surface area contributed by atoms with E-state index in [0.717, 1.165) is 32.4 Å². The van der Waals surface area contributed by atoms with Gasteiger partial charge in [0.25, 0.3) is 11.5 Å². The van der Waals surface area contributed by atoms with Gasteiger partial charge in [0.15, 0.2) is 5.69 Å². The van der Waals surface area contributed by atoms with E-state index in [1.807, 2.05) is 18.2 Å². The maximum Gasteiger partial charge on any atom is 0.275 e. The fraction of sp³-hybridized carbons (Fsp3) is 0.348. The van der Waals surface area contributed by atoms with Crippen molar-refractivity contribution in [2.75, 3.05) is 20.1 Å². The number of piperidine rings is 1. The molecule has 4 rings (SSSR count). The summed E-state index contributed by atoms with van der Waals surface area (Å²) in [5, 5.41) is 8.14. The second-order valence-corrected chi connectivity index (χ2v) is 7.67. The number of likely N-dealkylation sites (tertiary alicyclic amines) is 1. The maximum absolute atomic E-state index is 12.9. The van der Waals surface area contributed by atoms with Crippen molar-refractivity contribution >= 4 is 16.7 Å². The molecule has 6 heteroatoms. The lowest BCUT2D eigenvalue weighted by molar-refractivity contribution is 0.0953. The summed E-state index contributed by atoms with van der Waals surface area (Å²) in [7, 11) is 1.58. The third-order valence-electron chi connectivity index (χ3n) is 5.72. The molecule has 0 aliphatic carbocycles. The normalized spacial score (nSPS) is 15.5. The fourth-order valence-electron chi connectivity index (χ4n) is 4.09. The smallest absolute Gasteiger partial charge is 0.275 e. The number of rotatable bonds is 5. The molecule has 6 nitrogen and oxygen atoms in total. The van der Waals surface area contributed by atoms with E-state index in [4.69, 9.17) is 0 Å². The molecule has 150 valence electrons. The van der Waals surface area contributed by atoms with Crippen molar-refractivity contribution in [3.63, 3.8) is 0 Å². The molecular weight excluding hydrogens is 364 g/mol. The third-order valence-corrected chi connectivity index (χ3v) is 5.72. The van der Waals surface area contributed by atoms with Gasteiger partial charge in [-0.1, -0.05) is 48.5 Å². The van der Waals surface area contributed by atoms with Crippen molar-refractivity contribution in [1.29, 1.82) is 0 Å². The largest absolute Gasteiger partial charge is 0.354 e. The number of hydrogen-bond donors (Lipinski definition) is 1. The van der Waals surface area contributed by atoms with Gasteiger partial charge >= 0.3 is 0 Å². The Bertz CT molecular complexity index is 1050. The molecular formula is C23H26N4O2. The van der Waals surface area contributed by atoms with Crippen molar-refractivity contribution in [2.45, 2.75) is 25.9 Å². The van der Waals surface area contributed by atoms with Crippen LogP contribution in [0, 0.1) is 5.92 Å². The molecule has 0 spiro atoms. The number of aromatic nitrogens is 2. The van der Waals surface area contributed by atoms with Crippen LogP contribution in [0.1, 0.15) is 28.9 Å². The van der Waals surface area contributed by atoms with Gasteiger partial charge in [0, 0.05) is 25.5 Å². The first-order valence-electron chi connectivity index (χ1n) is 10.1. The minimum absolute atomic E-state index is 0.153. The molecule has 1 saturated heterocycles. The Morgan fingerprint density at radius 1 is 1.03 bits per heavy atom. The van der Waals surface area contributed by atoms with Crippen LogP contribution in [0.4, 0.5) is 0 Å². The molecule has 3 aromatic rings. The number of nitrogens with one attached hydrogen (secondary N) is 1. The number of amides is 1. The van der Waals surface area contributed by atoms with Crippen LogP contribution in [0.2, 0.25) is 0 Å². The molecule has 2 aromatic carbocycles. The van der Waals surface area contributed by atoms with E-state index in [-0.39, 0.29) is 11.5 Å². The first-order valence-corrected chi connectivity index (χ1v) is 10.1. The lowest BCUT2D eigenvalue weighted by atomic mass is 9.90. The molecule has 1 aromatic heterocycles. The molecule has 1 N–H and O–H groups in total. The van der Waals surface area contributed by atoms with Crippen LogP contribution in [-0.4, -0.2) is 40.7 Å². The summed E-state index contributed by atoms with van der Waals surface area (Å²) in [5.74, 6) is 0.382. The van der Waals surface area contributed by atoms with Gasteiger partial charge in [0.2, 0.25) is 0 Å². The van der Waals surface area contributed by atoms with Gasteiger partial charge in [-0.05, 0) is 36.8 Å². The van der Waals surface area contributed by atoms with Crippen molar-refractivity contribution in [3.05, 3.63) is 76.2 Å². The zero-order valence-corrected chi connectivity index (χ0v) is 16.7. The third kappa shape index (κ3) is 4.22. The molecule has 0 radical (unpaired) electrons. The first-order chi connectivity index (χ1) is 14.2. The van der Waals surface area contributed by atoms with Crippen LogP contribution in [0.5, 0.6) is 0 Å². The molecule has 0 bridgehead atoms. The summed E-state index contributed by atoms with van der Waals surface area (Å²) in [6.45, 7) is 2.26. The molecule has 1 aliphatic rings. The van der Waals surface area contributed by atoms with Gasteiger partial charge in [-0.25, -0.2) is 4.68 Å². The second kappa shape index (κ2) is 8.57. The highest BCUT2D eigenvalue weighted by Gasteiger charge is 2.22. The number of fused-ring (bicyclic) bond motifs is 1. The molecule has 29 heavy (non-hydrogen) atoms. The second-order valence-electron chi connectivity index (χ2n) is 7.67. The number of nitrogens with zero attached hydrogens (tertiary/aromatic N) is 3. The number of hydrogen-bond acceptors (Lipinski definition) is 4. The number of carbonyl (C=O) groups excluding carboxylic acids is 1. The van der Waals surface area contributed by atoms with Crippen molar-refractivity contribution in [3.8, 4) is 0 Å². The topological polar surface area (TPSA) is 67.2 Å². The van der Waals surface area contributed by atoms with E-state index in [0.29, 0.717) is 29.1 Å². The molecule has 0 unspecified atom stereocenters. The summed E-state index contributed by atoms with van der Waals surface area (Å²) in [6.07, 6.45) is 3.29. The number of carbonyl (C=O) groups is 1. The minimum Gasteiger partial charge on any atom is -0.354 e. The van der Waals surface area contributed by atoms with E-state index in [2.05, 4.69) is 39.6 Å². The summed E-state index contributed by atoms with van der Waals surface area (Å²) < 4.78 is 1.43. The minimum atomic E-state index is -0.281. The van der Waals surface area contributed by atoms with E-state index in [1.54, 1.807) is 19.2 Å². The average Bonchev–Trinajstić information content (AvgIpc) is 2.77. The van der Waals surface area contributed by atoms with Crippen LogP contribution in [0.25, 0.3) is 10.8 Å². The maximum atomic E-state index is 12.9. The zero-order chi connectivity index (χ0) is 20.2. The molecule has 1 amide bonds. The van der Waals surface area contributed by atoms with Gasteiger partial charge < -0.3 is 5.32 Å². The fourth-order valence-corrected chi connectivity index (χ4v) is 4.09. The Labute approximate surface area is 170 Å². The molecule has 1 fully saturated rings. The Morgan fingerprint density at radius 3 is 2.38 bits per heavy atom. The standard InChI is InChI=1S/C23H26N4O2/c1-24-22(28)21-19-9-5-6-10-20(19)23(29)27(25-21)16-26-13-11-18(12-14-26)15-17-7-3-2-4-8-17/h2-10,18H,11-16H2,1H3,(H,24,28). The number of benzene rings is 2. The summed E-state index contributed by atoms with van der Waals surface area (Å²) >= 11 is 0. The Hall–Kier alpha value is -2.99. The van der Waals surface area contributed by atoms with Crippen LogP contribution in [0.3, 0.4) is 0 Å². The van der Waals surface area contributed by atoms with Crippen LogP contribution in [-0.2, 0) is 13.1 Å². The highest BCUT2D eigenvalue weighted by atomic mass is 16.2. The van der Waals surface area contributed by atoms with Gasteiger partial charge in [0.05, 0.1) is 12.1 Å². The SMILES string of the molecule is CNC(=O)c1nn(CN2CCC(Cc3ccccc3)CC2)c(=O)c2ccccc12. The molecule has 1 aliphatic heterocycles. The summed E-state index contributed by atoms with van der Waals surface area (Å²) in [5.41, 5.74) is 1.52. The van der Waals surface area contributed by atoms with Gasteiger partial charge in [-0.15, -0.1) is 0 Å². The van der Waals surface area contributed by atoms with Gasteiger partial charge in [0.1, 0.15) is 0 Å². The molecule has 0 saturated carbocycles. The molecule has 2 heterocycles. The van der Waals surface area contributed by atoms with Crippen LogP contribution in [0.15, 0.2) is 59.4 Å².